The molecule has 2 saturated heterocycles. The van der Waals surface area contributed by atoms with Crippen molar-refractivity contribution in [3.8, 4) is 0 Å². The third-order valence-electron chi connectivity index (χ3n) is 3.45. The van der Waals surface area contributed by atoms with Gasteiger partial charge in [-0.15, -0.1) is 0 Å². The summed E-state index contributed by atoms with van der Waals surface area (Å²) in [6, 6.07) is 0.720. The van der Waals surface area contributed by atoms with Crippen LogP contribution in [0.2, 0.25) is 0 Å². The molecular formula is C11H23N3S. The van der Waals surface area contributed by atoms with Crippen molar-refractivity contribution in [1.29, 1.82) is 0 Å². The molecule has 2 aliphatic heterocycles. The molecule has 3 nitrogen and oxygen atoms in total. The zero-order valence-electron chi connectivity index (χ0n) is 9.74. The number of thioether (sulfide) groups is 1. The van der Waals surface area contributed by atoms with Gasteiger partial charge in [0.2, 0.25) is 0 Å². The lowest BCUT2D eigenvalue weighted by molar-refractivity contribution is 0.148. The highest BCUT2D eigenvalue weighted by atomic mass is 32.2. The fourth-order valence-electron chi connectivity index (χ4n) is 2.31. The second-order valence-electron chi connectivity index (χ2n) is 4.54. The summed E-state index contributed by atoms with van der Waals surface area (Å²) in [5.41, 5.74) is 0. The minimum Gasteiger partial charge on any atom is -0.314 e. The van der Waals surface area contributed by atoms with E-state index in [0.717, 1.165) is 12.6 Å². The first-order chi connectivity index (χ1) is 7.36. The lowest BCUT2D eigenvalue weighted by Crippen LogP contribution is -2.52. The molecule has 2 rings (SSSR count). The molecule has 15 heavy (non-hydrogen) atoms. The highest BCUT2D eigenvalue weighted by molar-refractivity contribution is 7.99. The summed E-state index contributed by atoms with van der Waals surface area (Å²) < 4.78 is 0. The van der Waals surface area contributed by atoms with E-state index < -0.39 is 0 Å². The summed E-state index contributed by atoms with van der Waals surface area (Å²) in [6.07, 6.45) is 0. The van der Waals surface area contributed by atoms with E-state index in [1.165, 1.54) is 50.8 Å². The average molecular weight is 229 g/mol. The van der Waals surface area contributed by atoms with Gasteiger partial charge in [0.15, 0.2) is 0 Å². The fraction of sp³-hybridized carbons (Fsp3) is 1.00. The summed E-state index contributed by atoms with van der Waals surface area (Å²) in [7, 11) is 0. The molecule has 4 heteroatoms. The molecule has 1 atom stereocenters. The van der Waals surface area contributed by atoms with Gasteiger partial charge in [-0.1, -0.05) is 0 Å². The number of rotatable bonds is 3. The monoisotopic (exact) mass is 229 g/mol. The van der Waals surface area contributed by atoms with Crippen molar-refractivity contribution in [1.82, 2.24) is 15.1 Å². The van der Waals surface area contributed by atoms with E-state index >= 15 is 0 Å². The molecule has 0 radical (unpaired) electrons. The molecule has 1 unspecified atom stereocenters. The summed E-state index contributed by atoms with van der Waals surface area (Å²) in [4.78, 5) is 5.24. The first-order valence-electron chi connectivity index (χ1n) is 6.11. The van der Waals surface area contributed by atoms with Crippen LogP contribution in [-0.2, 0) is 0 Å². The van der Waals surface area contributed by atoms with Crippen LogP contribution in [0, 0.1) is 0 Å². The lowest BCUT2D eigenvalue weighted by atomic mass is 10.2. The van der Waals surface area contributed by atoms with Crippen molar-refractivity contribution in [3.05, 3.63) is 0 Å². The van der Waals surface area contributed by atoms with Crippen LogP contribution < -0.4 is 5.32 Å². The summed E-state index contributed by atoms with van der Waals surface area (Å²) in [5.74, 6) is 2.66. The predicted molar refractivity (Wildman–Crippen MR) is 67.7 cm³/mol. The Morgan fingerprint density at radius 1 is 1.20 bits per heavy atom. The molecule has 0 amide bonds. The SMILES string of the molecule is CC1CNCCN1CCN1CCSCC1. The molecule has 0 spiro atoms. The van der Waals surface area contributed by atoms with Crippen LogP contribution in [0.5, 0.6) is 0 Å². The standard InChI is InChI=1S/C11H23N3S/c1-11-10-12-2-3-14(11)5-4-13-6-8-15-9-7-13/h11-12H,2-10H2,1H3. The first kappa shape index (κ1) is 11.7. The van der Waals surface area contributed by atoms with Crippen LogP contribution in [0.3, 0.4) is 0 Å². The average Bonchev–Trinajstić information content (AvgIpc) is 2.29. The molecule has 2 fully saturated rings. The van der Waals surface area contributed by atoms with E-state index in [4.69, 9.17) is 0 Å². The van der Waals surface area contributed by atoms with E-state index in [2.05, 4.69) is 33.8 Å². The number of nitrogens with one attached hydrogen (secondary N) is 1. The maximum Gasteiger partial charge on any atom is 0.0193 e. The van der Waals surface area contributed by atoms with Gasteiger partial charge < -0.3 is 10.2 Å². The molecule has 2 aliphatic rings. The molecule has 0 bridgehead atoms. The van der Waals surface area contributed by atoms with E-state index in [0.29, 0.717) is 0 Å². The Bertz CT molecular complexity index is 183. The number of piperazine rings is 1. The Morgan fingerprint density at radius 3 is 2.73 bits per heavy atom. The normalized spacial score (nSPS) is 30.6. The van der Waals surface area contributed by atoms with Crippen LogP contribution in [0.25, 0.3) is 0 Å². The first-order valence-corrected chi connectivity index (χ1v) is 7.26. The van der Waals surface area contributed by atoms with E-state index in [1.807, 2.05) is 0 Å². The van der Waals surface area contributed by atoms with Gasteiger partial charge in [0.1, 0.15) is 0 Å². The van der Waals surface area contributed by atoms with Gasteiger partial charge in [0.25, 0.3) is 0 Å². The molecule has 88 valence electrons. The summed E-state index contributed by atoms with van der Waals surface area (Å²) in [5, 5.41) is 3.44. The zero-order valence-corrected chi connectivity index (χ0v) is 10.6. The Kier molecular flexibility index (Phi) is 4.75. The van der Waals surface area contributed by atoms with Crippen molar-refractivity contribution < 1.29 is 0 Å². The number of nitrogens with zero attached hydrogens (tertiary/aromatic N) is 2. The molecule has 0 aromatic heterocycles. The smallest absolute Gasteiger partial charge is 0.0193 e. The van der Waals surface area contributed by atoms with Gasteiger partial charge in [-0.05, 0) is 6.92 Å². The number of hydrogen-bond acceptors (Lipinski definition) is 4. The quantitative estimate of drug-likeness (QED) is 0.751. The molecule has 0 aliphatic carbocycles. The van der Waals surface area contributed by atoms with E-state index in [9.17, 15) is 0 Å². The summed E-state index contributed by atoms with van der Waals surface area (Å²) >= 11 is 2.10. The van der Waals surface area contributed by atoms with Crippen molar-refractivity contribution in [2.24, 2.45) is 0 Å². The van der Waals surface area contributed by atoms with Crippen molar-refractivity contribution in [2.75, 3.05) is 57.3 Å². The van der Waals surface area contributed by atoms with Gasteiger partial charge in [0, 0.05) is 63.4 Å². The maximum absolute atomic E-state index is 3.44. The Hall–Kier alpha value is 0.230. The van der Waals surface area contributed by atoms with Gasteiger partial charge >= 0.3 is 0 Å². The zero-order chi connectivity index (χ0) is 10.5. The van der Waals surface area contributed by atoms with Gasteiger partial charge in [-0.2, -0.15) is 11.8 Å². The molecule has 0 saturated carbocycles. The topological polar surface area (TPSA) is 18.5 Å². The highest BCUT2D eigenvalue weighted by Crippen LogP contribution is 2.09. The van der Waals surface area contributed by atoms with Crippen LogP contribution >= 0.6 is 11.8 Å². The van der Waals surface area contributed by atoms with Gasteiger partial charge in [-0.3, -0.25) is 4.90 Å². The van der Waals surface area contributed by atoms with Crippen LogP contribution in [0.1, 0.15) is 6.92 Å². The van der Waals surface area contributed by atoms with Gasteiger partial charge in [0.05, 0.1) is 0 Å². The lowest BCUT2D eigenvalue weighted by Gasteiger charge is -2.36. The Labute approximate surface area is 97.6 Å². The molecule has 1 N–H and O–H groups in total. The Balaban J connectivity index is 1.67. The third-order valence-corrected chi connectivity index (χ3v) is 4.39. The molecule has 0 aromatic rings. The van der Waals surface area contributed by atoms with E-state index in [1.54, 1.807) is 0 Å². The second kappa shape index (κ2) is 6.09. The second-order valence-corrected chi connectivity index (χ2v) is 5.77. The van der Waals surface area contributed by atoms with Gasteiger partial charge in [-0.25, -0.2) is 0 Å². The molecular weight excluding hydrogens is 206 g/mol. The van der Waals surface area contributed by atoms with Crippen molar-refractivity contribution in [3.63, 3.8) is 0 Å². The molecule has 2 heterocycles. The van der Waals surface area contributed by atoms with Crippen molar-refractivity contribution in [2.45, 2.75) is 13.0 Å². The number of hydrogen-bond donors (Lipinski definition) is 1. The van der Waals surface area contributed by atoms with Crippen molar-refractivity contribution >= 4 is 11.8 Å². The minimum atomic E-state index is 0.720. The Morgan fingerprint density at radius 2 is 2.00 bits per heavy atom. The largest absolute Gasteiger partial charge is 0.314 e. The highest BCUT2D eigenvalue weighted by Gasteiger charge is 2.18. The minimum absolute atomic E-state index is 0.720. The fourth-order valence-corrected chi connectivity index (χ4v) is 3.29. The van der Waals surface area contributed by atoms with Crippen LogP contribution in [-0.4, -0.2) is 73.2 Å². The maximum atomic E-state index is 3.44. The predicted octanol–water partition coefficient (Wildman–Crippen LogP) is 0.329. The van der Waals surface area contributed by atoms with Crippen LogP contribution in [0.15, 0.2) is 0 Å². The third kappa shape index (κ3) is 3.63. The van der Waals surface area contributed by atoms with Crippen LogP contribution in [0.4, 0.5) is 0 Å². The molecule has 0 aromatic carbocycles. The van der Waals surface area contributed by atoms with E-state index in [-0.39, 0.29) is 0 Å². The summed E-state index contributed by atoms with van der Waals surface area (Å²) in [6.45, 7) is 11.0.